The van der Waals surface area contributed by atoms with Gasteiger partial charge in [0.1, 0.15) is 5.82 Å². The fourth-order valence-corrected chi connectivity index (χ4v) is 3.67. The van der Waals surface area contributed by atoms with Crippen LogP contribution >= 0.6 is 11.6 Å². The van der Waals surface area contributed by atoms with Crippen LogP contribution in [0.15, 0.2) is 42.7 Å². The lowest BCUT2D eigenvalue weighted by Gasteiger charge is -2.32. The second kappa shape index (κ2) is 8.54. The fourth-order valence-electron chi connectivity index (χ4n) is 3.47. The van der Waals surface area contributed by atoms with Gasteiger partial charge in [0.15, 0.2) is 0 Å². The first-order valence-electron chi connectivity index (χ1n) is 9.27. The molecule has 0 saturated carbocycles. The summed E-state index contributed by atoms with van der Waals surface area (Å²) < 4.78 is 2.27. The van der Waals surface area contributed by atoms with Gasteiger partial charge in [-0.2, -0.15) is 0 Å². The molecule has 0 unspecified atom stereocenters. The maximum atomic E-state index is 12.4. The molecule has 1 saturated heterocycles. The Balaban J connectivity index is 1.52. The Bertz CT molecular complexity index is 773. The number of hydrogen-bond donors (Lipinski definition) is 0. The second-order valence-electron chi connectivity index (χ2n) is 7.22. The predicted octanol–water partition coefficient (Wildman–Crippen LogP) is 4.61. The molecular weight excluding hydrogens is 346 g/mol. The van der Waals surface area contributed by atoms with Gasteiger partial charge < -0.3 is 9.47 Å². The van der Waals surface area contributed by atoms with Crippen molar-refractivity contribution in [2.24, 2.45) is 5.92 Å². The predicted molar refractivity (Wildman–Crippen MR) is 106 cm³/mol. The average Bonchev–Trinajstić information content (AvgIpc) is 3.10. The van der Waals surface area contributed by atoms with E-state index in [9.17, 15) is 4.79 Å². The van der Waals surface area contributed by atoms with Gasteiger partial charge >= 0.3 is 0 Å². The average molecular weight is 372 g/mol. The minimum atomic E-state index is 0.0638. The van der Waals surface area contributed by atoms with Crippen molar-refractivity contribution in [2.75, 3.05) is 13.1 Å². The van der Waals surface area contributed by atoms with Crippen molar-refractivity contribution in [3.8, 4) is 0 Å². The van der Waals surface area contributed by atoms with E-state index < -0.39 is 0 Å². The molecule has 2 heterocycles. The third-order valence-electron chi connectivity index (χ3n) is 4.96. The van der Waals surface area contributed by atoms with E-state index in [-0.39, 0.29) is 5.91 Å². The topological polar surface area (TPSA) is 38.1 Å². The van der Waals surface area contributed by atoms with Gasteiger partial charge in [-0.3, -0.25) is 4.79 Å². The molecule has 0 atom stereocenters. The Morgan fingerprint density at radius 2 is 2.04 bits per heavy atom. The molecule has 0 aliphatic carbocycles. The molecule has 0 spiro atoms. The molecule has 1 aromatic heterocycles. The molecule has 26 heavy (non-hydrogen) atoms. The van der Waals surface area contributed by atoms with Crippen molar-refractivity contribution >= 4 is 23.6 Å². The summed E-state index contributed by atoms with van der Waals surface area (Å²) in [5, 5.41) is 0.663. The number of halogens is 1. The summed E-state index contributed by atoms with van der Waals surface area (Å²) in [7, 11) is 0. The highest BCUT2D eigenvalue weighted by atomic mass is 35.5. The van der Waals surface area contributed by atoms with Gasteiger partial charge in [-0.15, -0.1) is 0 Å². The summed E-state index contributed by atoms with van der Waals surface area (Å²) >= 11 is 6.13. The molecule has 1 amide bonds. The molecule has 0 radical (unpaired) electrons. The summed E-state index contributed by atoms with van der Waals surface area (Å²) in [6.07, 6.45) is 9.45. The molecule has 1 aromatic carbocycles. The molecule has 2 aromatic rings. The van der Waals surface area contributed by atoms with E-state index in [1.54, 1.807) is 12.2 Å². The lowest BCUT2D eigenvalue weighted by atomic mass is 9.96. The maximum absolute atomic E-state index is 12.4. The molecule has 5 heteroatoms. The molecule has 138 valence electrons. The van der Waals surface area contributed by atoms with Crippen LogP contribution in [0.1, 0.15) is 44.0 Å². The van der Waals surface area contributed by atoms with Crippen LogP contribution < -0.4 is 0 Å². The van der Waals surface area contributed by atoms with E-state index in [2.05, 4.69) is 29.6 Å². The minimum Gasteiger partial charge on any atom is -0.339 e. The van der Waals surface area contributed by atoms with Crippen molar-refractivity contribution < 1.29 is 4.79 Å². The van der Waals surface area contributed by atoms with E-state index in [0.29, 0.717) is 16.9 Å². The van der Waals surface area contributed by atoms with Crippen molar-refractivity contribution in [3.63, 3.8) is 0 Å². The Hall–Kier alpha value is -2.07. The highest BCUT2D eigenvalue weighted by molar-refractivity contribution is 6.32. The first-order valence-corrected chi connectivity index (χ1v) is 9.65. The number of amides is 1. The minimum absolute atomic E-state index is 0.0638. The molecule has 1 aliphatic heterocycles. The largest absolute Gasteiger partial charge is 0.339 e. The third kappa shape index (κ3) is 4.55. The number of piperidine rings is 1. The zero-order valence-corrected chi connectivity index (χ0v) is 16.2. The van der Waals surface area contributed by atoms with Crippen LogP contribution in [0, 0.1) is 5.92 Å². The van der Waals surface area contributed by atoms with Crippen LogP contribution in [0.3, 0.4) is 0 Å². The SMILES string of the molecule is CC(C)c1nccn1CC1CCN(C(=O)/C=C/c2ccccc2Cl)CC1. The summed E-state index contributed by atoms with van der Waals surface area (Å²) in [5.41, 5.74) is 0.874. The number of likely N-dealkylation sites (tertiary alicyclic amines) is 1. The smallest absolute Gasteiger partial charge is 0.246 e. The third-order valence-corrected chi connectivity index (χ3v) is 5.30. The molecule has 1 fully saturated rings. The number of benzene rings is 1. The normalized spacial score (nSPS) is 15.9. The van der Waals surface area contributed by atoms with Crippen LogP contribution in [0.4, 0.5) is 0 Å². The zero-order valence-electron chi connectivity index (χ0n) is 15.4. The van der Waals surface area contributed by atoms with E-state index in [1.807, 2.05) is 35.4 Å². The number of hydrogen-bond acceptors (Lipinski definition) is 2. The number of carbonyl (C=O) groups excluding carboxylic acids is 1. The van der Waals surface area contributed by atoms with E-state index >= 15 is 0 Å². The standard InChI is InChI=1S/C21H26ClN3O/c1-16(2)21-23-11-14-25(21)15-17-9-12-24(13-10-17)20(26)8-7-18-5-3-4-6-19(18)22/h3-8,11,14,16-17H,9-10,12-13,15H2,1-2H3/b8-7+. The molecule has 3 rings (SSSR count). The fraction of sp³-hybridized carbons (Fsp3) is 0.429. The number of rotatable bonds is 5. The summed E-state index contributed by atoms with van der Waals surface area (Å²) in [6.45, 7) is 6.95. The first kappa shape index (κ1) is 18.7. The van der Waals surface area contributed by atoms with Gasteiger partial charge in [-0.25, -0.2) is 4.98 Å². The van der Waals surface area contributed by atoms with E-state index in [1.165, 1.54) is 0 Å². The number of carbonyl (C=O) groups is 1. The first-order chi connectivity index (χ1) is 12.5. The van der Waals surface area contributed by atoms with Gasteiger partial charge in [0.2, 0.25) is 5.91 Å². The quantitative estimate of drug-likeness (QED) is 0.719. The van der Waals surface area contributed by atoms with Crippen molar-refractivity contribution in [1.82, 2.24) is 14.5 Å². The Morgan fingerprint density at radius 3 is 2.73 bits per heavy atom. The van der Waals surface area contributed by atoms with Gasteiger partial charge in [0, 0.05) is 49.0 Å². The van der Waals surface area contributed by atoms with Crippen molar-refractivity contribution in [1.29, 1.82) is 0 Å². The molecule has 0 N–H and O–H groups in total. The molecule has 4 nitrogen and oxygen atoms in total. The lowest BCUT2D eigenvalue weighted by molar-refractivity contribution is -0.127. The van der Waals surface area contributed by atoms with Gasteiger partial charge in [-0.05, 0) is 36.5 Å². The van der Waals surface area contributed by atoms with E-state index in [4.69, 9.17) is 11.6 Å². The maximum Gasteiger partial charge on any atom is 0.246 e. The van der Waals surface area contributed by atoms with Crippen LogP contribution in [0.5, 0.6) is 0 Å². The molecular formula is C21H26ClN3O. The Labute approximate surface area is 160 Å². The van der Waals surface area contributed by atoms with E-state index in [0.717, 1.165) is 43.9 Å². The van der Waals surface area contributed by atoms with Gasteiger partial charge in [-0.1, -0.05) is 43.6 Å². The van der Waals surface area contributed by atoms with Gasteiger partial charge in [0.05, 0.1) is 0 Å². The highest BCUT2D eigenvalue weighted by Gasteiger charge is 2.22. The highest BCUT2D eigenvalue weighted by Crippen LogP contribution is 2.22. The van der Waals surface area contributed by atoms with Crippen LogP contribution in [-0.2, 0) is 11.3 Å². The Kier molecular flexibility index (Phi) is 6.15. The monoisotopic (exact) mass is 371 g/mol. The Morgan fingerprint density at radius 1 is 1.31 bits per heavy atom. The molecule has 1 aliphatic rings. The summed E-state index contributed by atoms with van der Waals surface area (Å²) in [5.74, 6) is 2.24. The second-order valence-corrected chi connectivity index (χ2v) is 7.62. The van der Waals surface area contributed by atoms with Crippen molar-refractivity contribution in [2.45, 2.75) is 39.2 Å². The summed E-state index contributed by atoms with van der Waals surface area (Å²) in [4.78, 5) is 18.8. The van der Waals surface area contributed by atoms with Crippen LogP contribution in [-0.4, -0.2) is 33.4 Å². The van der Waals surface area contributed by atoms with Crippen LogP contribution in [0.25, 0.3) is 6.08 Å². The molecule has 0 bridgehead atoms. The summed E-state index contributed by atoms with van der Waals surface area (Å²) in [6, 6.07) is 7.55. The van der Waals surface area contributed by atoms with Crippen molar-refractivity contribution in [3.05, 3.63) is 59.1 Å². The number of aromatic nitrogens is 2. The van der Waals surface area contributed by atoms with Gasteiger partial charge in [0.25, 0.3) is 0 Å². The number of imidazole rings is 1. The van der Waals surface area contributed by atoms with Crippen LogP contribution in [0.2, 0.25) is 5.02 Å². The zero-order chi connectivity index (χ0) is 18.5. The lowest BCUT2D eigenvalue weighted by Crippen LogP contribution is -2.38. The number of nitrogens with zero attached hydrogens (tertiary/aromatic N) is 3.